The predicted molar refractivity (Wildman–Crippen MR) is 62.3 cm³/mol. The molecule has 0 radical (unpaired) electrons. The van der Waals surface area contributed by atoms with Crippen molar-refractivity contribution in [3.63, 3.8) is 0 Å². The van der Waals surface area contributed by atoms with Crippen molar-refractivity contribution in [1.29, 1.82) is 0 Å². The van der Waals surface area contributed by atoms with Gasteiger partial charge in [0.05, 0.1) is 12.6 Å². The Balaban J connectivity index is 1.78. The topological polar surface area (TPSA) is 26.7 Å². The molecule has 2 aliphatic rings. The van der Waals surface area contributed by atoms with Gasteiger partial charge >= 0.3 is 0 Å². The van der Waals surface area contributed by atoms with Gasteiger partial charge < -0.3 is 5.11 Å². The normalized spacial score (nSPS) is 33.2. The lowest BCUT2D eigenvalue weighted by atomic mass is 9.91. The monoisotopic (exact) mass is 248 g/mol. The van der Waals surface area contributed by atoms with Crippen LogP contribution in [0.1, 0.15) is 25.7 Å². The highest BCUT2D eigenvalue weighted by Gasteiger charge is 2.31. The van der Waals surface area contributed by atoms with Gasteiger partial charge in [-0.2, -0.15) is 0 Å². The lowest BCUT2D eigenvalue weighted by Gasteiger charge is -2.42. The molecule has 0 aromatic carbocycles. The van der Waals surface area contributed by atoms with E-state index < -0.39 is 6.43 Å². The number of aliphatic hydroxyl groups excluding tert-OH is 1. The lowest BCUT2D eigenvalue weighted by Crippen LogP contribution is -2.55. The van der Waals surface area contributed by atoms with Crippen LogP contribution in [0.25, 0.3) is 0 Å². The van der Waals surface area contributed by atoms with Crippen LogP contribution in [0.3, 0.4) is 0 Å². The van der Waals surface area contributed by atoms with Crippen molar-refractivity contribution in [3.8, 4) is 0 Å². The molecule has 3 nitrogen and oxygen atoms in total. The molecule has 2 fully saturated rings. The van der Waals surface area contributed by atoms with E-state index >= 15 is 0 Å². The van der Waals surface area contributed by atoms with Crippen molar-refractivity contribution >= 4 is 0 Å². The van der Waals surface area contributed by atoms with Crippen LogP contribution in [0.15, 0.2) is 0 Å². The molecule has 0 amide bonds. The summed E-state index contributed by atoms with van der Waals surface area (Å²) in [7, 11) is 0. The fourth-order valence-corrected chi connectivity index (χ4v) is 2.99. The number of alkyl halides is 2. The first-order valence-corrected chi connectivity index (χ1v) is 6.59. The Morgan fingerprint density at radius 3 is 2.29 bits per heavy atom. The van der Waals surface area contributed by atoms with Crippen molar-refractivity contribution in [3.05, 3.63) is 0 Å². The summed E-state index contributed by atoms with van der Waals surface area (Å²) in [5.41, 5.74) is 0. The van der Waals surface area contributed by atoms with Crippen LogP contribution in [0.5, 0.6) is 0 Å². The Kier molecular flexibility index (Phi) is 4.70. The summed E-state index contributed by atoms with van der Waals surface area (Å²) in [5.74, 6) is 0. The van der Waals surface area contributed by atoms with Crippen molar-refractivity contribution in [1.82, 2.24) is 9.80 Å². The van der Waals surface area contributed by atoms with Gasteiger partial charge in [0.2, 0.25) is 0 Å². The highest BCUT2D eigenvalue weighted by atomic mass is 19.3. The van der Waals surface area contributed by atoms with E-state index in [1.54, 1.807) is 0 Å². The largest absolute Gasteiger partial charge is 0.391 e. The molecule has 2 atom stereocenters. The molecule has 1 aliphatic heterocycles. The van der Waals surface area contributed by atoms with Gasteiger partial charge in [0, 0.05) is 32.2 Å². The summed E-state index contributed by atoms with van der Waals surface area (Å²) < 4.78 is 24.5. The number of aliphatic hydroxyl groups is 1. The summed E-state index contributed by atoms with van der Waals surface area (Å²) in [4.78, 5) is 4.10. The van der Waals surface area contributed by atoms with Crippen LogP contribution in [0.4, 0.5) is 8.78 Å². The molecule has 5 heteroatoms. The standard InChI is InChI=1S/C12H22F2N2O/c13-12(14)9-15-5-7-16(8-6-15)10-3-1-2-4-11(10)17/h10-12,17H,1-9H2. The minimum atomic E-state index is -2.23. The molecule has 0 aromatic heterocycles. The Morgan fingerprint density at radius 2 is 1.71 bits per heavy atom. The third-order valence-electron chi connectivity index (χ3n) is 3.97. The zero-order chi connectivity index (χ0) is 12.3. The molecule has 1 saturated heterocycles. The summed E-state index contributed by atoms with van der Waals surface area (Å²) in [6.45, 7) is 2.92. The maximum absolute atomic E-state index is 12.2. The van der Waals surface area contributed by atoms with E-state index in [0.29, 0.717) is 13.1 Å². The third-order valence-corrected chi connectivity index (χ3v) is 3.97. The van der Waals surface area contributed by atoms with E-state index in [4.69, 9.17) is 0 Å². The fourth-order valence-electron chi connectivity index (χ4n) is 2.99. The summed E-state index contributed by atoms with van der Waals surface area (Å²) in [5, 5.41) is 9.96. The maximum atomic E-state index is 12.2. The van der Waals surface area contributed by atoms with Gasteiger partial charge in [-0.1, -0.05) is 12.8 Å². The quantitative estimate of drug-likeness (QED) is 0.812. The molecule has 17 heavy (non-hydrogen) atoms. The SMILES string of the molecule is OC1CCCCC1N1CCN(CC(F)F)CC1. The third kappa shape index (κ3) is 3.60. The van der Waals surface area contributed by atoms with Crippen molar-refractivity contribution in [2.45, 2.75) is 44.3 Å². The Hall–Kier alpha value is -0.260. The van der Waals surface area contributed by atoms with Gasteiger partial charge in [-0.25, -0.2) is 8.78 Å². The molecule has 1 N–H and O–H groups in total. The number of hydrogen-bond donors (Lipinski definition) is 1. The second-order valence-electron chi connectivity index (χ2n) is 5.15. The first-order valence-electron chi connectivity index (χ1n) is 6.59. The fraction of sp³-hybridized carbons (Fsp3) is 1.00. The average Bonchev–Trinajstić information content (AvgIpc) is 2.30. The molecule has 100 valence electrons. The van der Waals surface area contributed by atoms with Gasteiger partial charge in [-0.3, -0.25) is 9.80 Å². The Morgan fingerprint density at radius 1 is 1.06 bits per heavy atom. The highest BCUT2D eigenvalue weighted by molar-refractivity contribution is 4.86. The number of nitrogens with zero attached hydrogens (tertiary/aromatic N) is 2. The van der Waals surface area contributed by atoms with E-state index in [2.05, 4.69) is 4.90 Å². The second-order valence-corrected chi connectivity index (χ2v) is 5.15. The van der Waals surface area contributed by atoms with E-state index in [1.165, 1.54) is 6.42 Å². The molecule has 0 aromatic rings. The number of hydrogen-bond acceptors (Lipinski definition) is 3. The average molecular weight is 248 g/mol. The van der Waals surface area contributed by atoms with E-state index in [-0.39, 0.29) is 18.7 Å². The maximum Gasteiger partial charge on any atom is 0.251 e. The molecule has 2 rings (SSSR count). The molecule has 1 aliphatic carbocycles. The predicted octanol–water partition coefficient (Wildman–Crippen LogP) is 1.17. The Bertz CT molecular complexity index is 233. The highest BCUT2D eigenvalue weighted by Crippen LogP contribution is 2.24. The van der Waals surface area contributed by atoms with Crippen LogP contribution in [0.2, 0.25) is 0 Å². The Labute approximate surface area is 101 Å². The van der Waals surface area contributed by atoms with Crippen LogP contribution >= 0.6 is 0 Å². The van der Waals surface area contributed by atoms with Crippen LogP contribution in [-0.4, -0.2) is 66.2 Å². The minimum absolute atomic E-state index is 0.110. The van der Waals surface area contributed by atoms with Gasteiger partial charge in [-0.15, -0.1) is 0 Å². The van der Waals surface area contributed by atoms with Crippen LogP contribution in [0, 0.1) is 0 Å². The molecular formula is C12H22F2N2O. The first kappa shape index (κ1) is 13.2. The zero-order valence-electron chi connectivity index (χ0n) is 10.2. The van der Waals surface area contributed by atoms with E-state index in [0.717, 1.165) is 32.4 Å². The number of rotatable bonds is 3. The summed E-state index contributed by atoms with van der Waals surface area (Å²) in [6.07, 6.45) is 1.78. The number of piperazine rings is 1. The van der Waals surface area contributed by atoms with Crippen molar-refractivity contribution < 1.29 is 13.9 Å². The first-order chi connectivity index (χ1) is 8.16. The zero-order valence-corrected chi connectivity index (χ0v) is 10.2. The number of halogens is 2. The second kappa shape index (κ2) is 6.07. The molecule has 2 unspecified atom stereocenters. The van der Waals surface area contributed by atoms with E-state index in [1.807, 2.05) is 4.90 Å². The van der Waals surface area contributed by atoms with Crippen LogP contribution in [-0.2, 0) is 0 Å². The van der Waals surface area contributed by atoms with Crippen molar-refractivity contribution in [2.24, 2.45) is 0 Å². The summed E-state index contributed by atoms with van der Waals surface area (Å²) in [6, 6.07) is 0.262. The molecule has 1 heterocycles. The van der Waals surface area contributed by atoms with Crippen LogP contribution < -0.4 is 0 Å². The van der Waals surface area contributed by atoms with Gasteiger partial charge in [0.1, 0.15) is 0 Å². The van der Waals surface area contributed by atoms with Crippen molar-refractivity contribution in [2.75, 3.05) is 32.7 Å². The molecule has 1 saturated carbocycles. The minimum Gasteiger partial charge on any atom is -0.391 e. The molecule has 0 spiro atoms. The van der Waals surface area contributed by atoms with Gasteiger partial charge in [0.25, 0.3) is 6.43 Å². The lowest BCUT2D eigenvalue weighted by molar-refractivity contribution is -0.0132. The molecular weight excluding hydrogens is 226 g/mol. The smallest absolute Gasteiger partial charge is 0.251 e. The van der Waals surface area contributed by atoms with Gasteiger partial charge in [-0.05, 0) is 12.8 Å². The van der Waals surface area contributed by atoms with E-state index in [9.17, 15) is 13.9 Å². The molecule has 0 bridgehead atoms. The van der Waals surface area contributed by atoms with Gasteiger partial charge in [0.15, 0.2) is 0 Å². The summed E-state index contributed by atoms with van der Waals surface area (Å²) >= 11 is 0.